The van der Waals surface area contributed by atoms with Crippen LogP contribution in [0.15, 0.2) is 10.5 Å². The predicted octanol–water partition coefficient (Wildman–Crippen LogP) is 2.02. The second-order valence-corrected chi connectivity index (χ2v) is 5.73. The maximum Gasteiger partial charge on any atom is 0.317 e. The van der Waals surface area contributed by atoms with E-state index in [4.69, 9.17) is 4.74 Å². The van der Waals surface area contributed by atoms with Crippen molar-refractivity contribution in [1.29, 1.82) is 0 Å². The van der Waals surface area contributed by atoms with Gasteiger partial charge < -0.3 is 4.74 Å². The Kier molecular flexibility index (Phi) is 6.75. The minimum atomic E-state index is -0.583. The minimum absolute atomic E-state index is 0.0107. The average molecular weight is 362 g/mol. The van der Waals surface area contributed by atoms with Crippen LogP contribution in [-0.4, -0.2) is 39.1 Å². The molecule has 0 aromatic heterocycles. The lowest BCUT2D eigenvalue weighted by atomic mass is 9.85. The summed E-state index contributed by atoms with van der Waals surface area (Å²) in [6.07, 6.45) is 4.61. The van der Waals surface area contributed by atoms with Gasteiger partial charge in [-0.3, -0.25) is 9.59 Å². The number of ether oxygens (including phenoxy) is 1. The first-order chi connectivity index (χ1) is 8.10. The number of alkyl halides is 1. The van der Waals surface area contributed by atoms with Crippen LogP contribution in [-0.2, 0) is 14.3 Å². The molecule has 0 bridgehead atoms. The van der Waals surface area contributed by atoms with Crippen molar-refractivity contribution in [1.82, 2.24) is 0 Å². The predicted molar refractivity (Wildman–Crippen MR) is 75.2 cm³/mol. The third-order valence-corrected chi connectivity index (χ3v) is 4.32. The first kappa shape index (κ1) is 15.2. The van der Waals surface area contributed by atoms with E-state index in [1.807, 2.05) is 0 Å². The Balaban J connectivity index is 2.63. The van der Waals surface area contributed by atoms with E-state index in [0.717, 1.165) is 19.3 Å². The second kappa shape index (κ2) is 7.55. The number of rotatable bonds is 5. The maximum atomic E-state index is 12.2. The number of allylic oxidation sites excluding steroid dienone is 2. The van der Waals surface area contributed by atoms with Crippen molar-refractivity contribution >= 4 is 50.6 Å². The molecule has 0 aromatic rings. The lowest BCUT2D eigenvalue weighted by Crippen LogP contribution is -2.33. The summed E-state index contributed by atoms with van der Waals surface area (Å²) in [5.74, 6) is -0.914. The van der Waals surface area contributed by atoms with Crippen LogP contribution in [0, 0.1) is 11.8 Å². The molecule has 0 N–H and O–H groups in total. The van der Waals surface area contributed by atoms with Crippen molar-refractivity contribution in [3.8, 4) is 0 Å². The van der Waals surface area contributed by atoms with Crippen molar-refractivity contribution in [2.24, 2.45) is 11.8 Å². The summed E-state index contributed by atoms with van der Waals surface area (Å²) in [6, 6.07) is 0. The van der Waals surface area contributed by atoms with Crippen LogP contribution >= 0.6 is 22.6 Å². The molecule has 0 spiro atoms. The molecule has 17 heavy (non-hydrogen) atoms. The van der Waals surface area contributed by atoms with Crippen LogP contribution < -0.4 is 0 Å². The van der Waals surface area contributed by atoms with Gasteiger partial charge in [-0.05, 0) is 26.2 Å². The van der Waals surface area contributed by atoms with E-state index in [-0.39, 0.29) is 17.7 Å². The zero-order chi connectivity index (χ0) is 12.8. The lowest BCUT2D eigenvalue weighted by Gasteiger charge is -2.23. The molecule has 0 aromatic carbocycles. The summed E-state index contributed by atoms with van der Waals surface area (Å²) in [6.45, 7) is 2.09. The topological polar surface area (TPSA) is 43.4 Å². The fraction of sp³-hybridized carbons (Fsp3) is 0.667. The van der Waals surface area contributed by atoms with Gasteiger partial charge in [0.1, 0.15) is 5.92 Å². The van der Waals surface area contributed by atoms with Gasteiger partial charge in [-0.1, -0.05) is 22.6 Å². The van der Waals surface area contributed by atoms with Crippen molar-refractivity contribution < 1.29 is 14.3 Å². The third-order valence-electron chi connectivity index (χ3n) is 2.92. The first-order valence-electron chi connectivity index (χ1n) is 5.81. The van der Waals surface area contributed by atoms with Crippen molar-refractivity contribution in [3.05, 3.63) is 10.5 Å². The van der Waals surface area contributed by atoms with Gasteiger partial charge in [0, 0.05) is 10.3 Å². The van der Waals surface area contributed by atoms with E-state index in [0.29, 0.717) is 11.0 Å². The molecule has 2 radical (unpaired) electrons. The lowest BCUT2D eigenvalue weighted by molar-refractivity contribution is -0.151. The summed E-state index contributed by atoms with van der Waals surface area (Å²) < 4.78 is 6.71. The monoisotopic (exact) mass is 362 g/mol. The highest BCUT2D eigenvalue weighted by molar-refractivity contribution is 14.1. The number of esters is 1. The van der Waals surface area contributed by atoms with Crippen molar-refractivity contribution in [2.45, 2.75) is 26.2 Å². The molecule has 0 heterocycles. The fourth-order valence-corrected chi connectivity index (χ4v) is 2.99. The van der Waals surface area contributed by atoms with Crippen molar-refractivity contribution in [2.75, 3.05) is 11.0 Å². The summed E-state index contributed by atoms with van der Waals surface area (Å²) in [5, 5.41) is 0. The molecule has 0 amide bonds. The average Bonchev–Trinajstić information content (AvgIpc) is 2.31. The standard InChI is InChI=1S/C12H16IO3.Al/c1-2-16-12(15)10(8-13)11(14)9-6-4-3-5-7-9;/h4,9-10H,2,5-8H2,1H3;. The number of hydrogen-bond donors (Lipinski definition) is 0. The molecule has 2 unspecified atom stereocenters. The van der Waals surface area contributed by atoms with Gasteiger partial charge >= 0.3 is 5.97 Å². The largest absolute Gasteiger partial charge is 0.465 e. The SMILES string of the molecule is CCOC(=O)C(CI)C(=O)C1CC=[C]([Al])CC1. The van der Waals surface area contributed by atoms with Crippen molar-refractivity contribution in [3.63, 3.8) is 0 Å². The molecule has 5 heteroatoms. The number of carbonyl (C=O) groups excluding carboxylic acids is 2. The van der Waals surface area contributed by atoms with E-state index < -0.39 is 5.92 Å². The zero-order valence-corrected chi connectivity index (χ0v) is 13.3. The van der Waals surface area contributed by atoms with Crippen LogP contribution in [0.4, 0.5) is 0 Å². The number of ketones is 1. The molecule has 1 aliphatic rings. The summed E-state index contributed by atoms with van der Waals surface area (Å²) in [7, 11) is 0. The molecule has 0 fully saturated rings. The minimum Gasteiger partial charge on any atom is -0.465 e. The fourth-order valence-electron chi connectivity index (χ4n) is 1.90. The Morgan fingerprint density at radius 3 is 2.82 bits per heavy atom. The smallest absolute Gasteiger partial charge is 0.317 e. The molecule has 0 saturated carbocycles. The maximum absolute atomic E-state index is 12.2. The molecule has 92 valence electrons. The van der Waals surface area contributed by atoms with Crippen LogP contribution in [0.1, 0.15) is 26.2 Å². The van der Waals surface area contributed by atoms with E-state index in [1.165, 1.54) is 4.44 Å². The van der Waals surface area contributed by atoms with Gasteiger partial charge in [0.25, 0.3) is 0 Å². The highest BCUT2D eigenvalue weighted by atomic mass is 127. The molecule has 2 atom stereocenters. The van der Waals surface area contributed by atoms with Gasteiger partial charge in [-0.15, -0.1) is 6.08 Å². The van der Waals surface area contributed by atoms with Gasteiger partial charge in [-0.25, -0.2) is 0 Å². The Bertz CT molecular complexity index is 328. The molecule has 1 aliphatic carbocycles. The Labute approximate surface area is 124 Å². The molecule has 1 rings (SSSR count). The molecular formula is C12H16AlIO3. The van der Waals surface area contributed by atoms with Gasteiger partial charge in [0.2, 0.25) is 0 Å². The number of hydrogen-bond acceptors (Lipinski definition) is 3. The van der Waals surface area contributed by atoms with E-state index in [9.17, 15) is 9.59 Å². The van der Waals surface area contributed by atoms with Gasteiger partial charge in [0.15, 0.2) is 22.1 Å². The summed E-state index contributed by atoms with van der Waals surface area (Å²) in [5.41, 5.74) is 0. The van der Waals surface area contributed by atoms with Crippen LogP contribution in [0.5, 0.6) is 0 Å². The van der Waals surface area contributed by atoms with E-state index in [1.54, 1.807) is 6.92 Å². The summed E-state index contributed by atoms with van der Waals surface area (Å²) >= 11 is 4.76. The van der Waals surface area contributed by atoms with Gasteiger partial charge in [-0.2, -0.15) is 4.44 Å². The molecule has 0 aliphatic heterocycles. The number of Topliss-reactive ketones (excluding diaryl/α,β-unsaturated/α-hetero) is 1. The van der Waals surface area contributed by atoms with Crippen LogP contribution in [0.3, 0.4) is 0 Å². The van der Waals surface area contributed by atoms with E-state index >= 15 is 0 Å². The molecule has 0 saturated heterocycles. The Hall–Kier alpha value is 0.142. The summed E-state index contributed by atoms with van der Waals surface area (Å²) in [4.78, 5) is 23.9. The molecule has 3 nitrogen and oxygen atoms in total. The highest BCUT2D eigenvalue weighted by Crippen LogP contribution is 2.26. The Morgan fingerprint density at radius 1 is 1.65 bits per heavy atom. The van der Waals surface area contributed by atoms with E-state index in [2.05, 4.69) is 45.0 Å². The quantitative estimate of drug-likeness (QED) is 0.247. The van der Waals surface area contributed by atoms with Crippen LogP contribution in [0.25, 0.3) is 0 Å². The second-order valence-electron chi connectivity index (χ2n) is 4.11. The highest BCUT2D eigenvalue weighted by Gasteiger charge is 2.32. The third kappa shape index (κ3) is 4.38. The number of halogens is 1. The number of carbonyl (C=O) groups is 2. The first-order valence-corrected chi connectivity index (χ1v) is 7.91. The zero-order valence-electron chi connectivity index (χ0n) is 9.95. The Morgan fingerprint density at radius 2 is 2.35 bits per heavy atom. The molecular weight excluding hydrogens is 346 g/mol. The van der Waals surface area contributed by atoms with Crippen LogP contribution in [0.2, 0.25) is 0 Å². The van der Waals surface area contributed by atoms with Gasteiger partial charge in [0.05, 0.1) is 6.61 Å². The normalized spacial score (nSPS) is 21.5.